The first-order chi connectivity index (χ1) is 6.77. The number of aromatic nitrogens is 2. The Kier molecular flexibility index (Phi) is 2.14. The van der Waals surface area contributed by atoms with Crippen LogP contribution in [0.15, 0.2) is 12.4 Å². The van der Waals surface area contributed by atoms with Gasteiger partial charge in [0.1, 0.15) is 11.7 Å². The van der Waals surface area contributed by atoms with Crippen molar-refractivity contribution >= 4 is 22.6 Å². The van der Waals surface area contributed by atoms with Crippen LogP contribution in [-0.4, -0.2) is 9.97 Å². The Morgan fingerprint density at radius 2 is 2.43 bits per heavy atom. The highest BCUT2D eigenvalue weighted by Crippen LogP contribution is 2.28. The Balaban J connectivity index is 2.85. The van der Waals surface area contributed by atoms with E-state index < -0.39 is 0 Å². The van der Waals surface area contributed by atoms with E-state index in [1.807, 2.05) is 19.2 Å². The number of halogens is 1. The van der Waals surface area contributed by atoms with Gasteiger partial charge in [-0.1, -0.05) is 18.5 Å². The number of pyridine rings is 1. The Hall–Kier alpha value is -1.53. The van der Waals surface area contributed by atoms with Crippen molar-refractivity contribution in [3.8, 4) is 6.07 Å². The van der Waals surface area contributed by atoms with Crippen LogP contribution in [0.2, 0.25) is 5.02 Å². The lowest BCUT2D eigenvalue weighted by atomic mass is 10.1. The molecule has 0 bridgehead atoms. The van der Waals surface area contributed by atoms with Crippen LogP contribution in [0.3, 0.4) is 0 Å². The zero-order valence-electron chi connectivity index (χ0n) is 7.63. The van der Waals surface area contributed by atoms with Gasteiger partial charge in [-0.05, 0) is 12.0 Å². The predicted octanol–water partition coefficient (Wildman–Crippen LogP) is 2.65. The van der Waals surface area contributed by atoms with Crippen LogP contribution in [0.25, 0.3) is 11.0 Å². The van der Waals surface area contributed by atoms with E-state index in [4.69, 9.17) is 16.9 Å². The summed E-state index contributed by atoms with van der Waals surface area (Å²) in [6.07, 6.45) is 4.24. The van der Waals surface area contributed by atoms with Gasteiger partial charge in [-0.25, -0.2) is 4.98 Å². The molecule has 4 heteroatoms. The number of hydrogen-bond acceptors (Lipinski definition) is 2. The van der Waals surface area contributed by atoms with E-state index in [1.165, 1.54) is 6.20 Å². The summed E-state index contributed by atoms with van der Waals surface area (Å²) in [4.78, 5) is 7.15. The maximum atomic E-state index is 8.79. The fraction of sp³-hybridized carbons (Fsp3) is 0.200. The highest BCUT2D eigenvalue weighted by atomic mass is 35.5. The van der Waals surface area contributed by atoms with Gasteiger partial charge in [-0.2, -0.15) is 5.26 Å². The molecule has 1 N–H and O–H groups in total. The second-order valence-electron chi connectivity index (χ2n) is 2.99. The van der Waals surface area contributed by atoms with E-state index in [0.717, 1.165) is 23.0 Å². The first-order valence-corrected chi connectivity index (χ1v) is 4.70. The lowest BCUT2D eigenvalue weighted by Crippen LogP contribution is -1.85. The molecule has 0 aromatic carbocycles. The molecule has 0 fully saturated rings. The molecule has 0 saturated heterocycles. The molecule has 0 amide bonds. The Labute approximate surface area is 86.3 Å². The largest absolute Gasteiger partial charge is 0.346 e. The zero-order chi connectivity index (χ0) is 10.1. The number of aromatic amines is 1. The highest BCUT2D eigenvalue weighted by molar-refractivity contribution is 6.36. The van der Waals surface area contributed by atoms with E-state index in [-0.39, 0.29) is 0 Å². The molecule has 0 spiro atoms. The van der Waals surface area contributed by atoms with E-state index in [1.54, 1.807) is 0 Å². The van der Waals surface area contributed by atoms with Gasteiger partial charge in [0, 0.05) is 17.8 Å². The Morgan fingerprint density at radius 1 is 1.64 bits per heavy atom. The maximum Gasteiger partial charge on any atom is 0.139 e. The normalized spacial score (nSPS) is 10.4. The van der Waals surface area contributed by atoms with Crippen molar-refractivity contribution < 1.29 is 0 Å². The minimum Gasteiger partial charge on any atom is -0.346 e. The number of hydrogen-bond donors (Lipinski definition) is 1. The fourth-order valence-corrected chi connectivity index (χ4v) is 1.78. The monoisotopic (exact) mass is 205 g/mol. The molecule has 2 heterocycles. The summed E-state index contributed by atoms with van der Waals surface area (Å²) >= 11 is 6.08. The van der Waals surface area contributed by atoms with E-state index in [2.05, 4.69) is 9.97 Å². The predicted molar refractivity (Wildman–Crippen MR) is 55.2 cm³/mol. The van der Waals surface area contributed by atoms with Crippen molar-refractivity contribution in [2.75, 3.05) is 0 Å². The van der Waals surface area contributed by atoms with Crippen LogP contribution < -0.4 is 0 Å². The SMILES string of the molecule is CCc1c[nH]c2ncc(C#N)c(Cl)c12. The molecular formula is C10H8ClN3. The van der Waals surface area contributed by atoms with Crippen molar-refractivity contribution in [3.05, 3.63) is 28.5 Å². The third-order valence-corrected chi connectivity index (χ3v) is 2.61. The van der Waals surface area contributed by atoms with Gasteiger partial charge in [0.15, 0.2) is 0 Å². The number of aryl methyl sites for hydroxylation is 1. The van der Waals surface area contributed by atoms with Crippen molar-refractivity contribution in [1.29, 1.82) is 5.26 Å². The van der Waals surface area contributed by atoms with Crippen molar-refractivity contribution in [1.82, 2.24) is 9.97 Å². The molecule has 2 aromatic rings. The summed E-state index contributed by atoms with van der Waals surface area (Å²) in [5.74, 6) is 0. The molecule has 0 aliphatic heterocycles. The average molecular weight is 206 g/mol. The molecule has 3 nitrogen and oxygen atoms in total. The van der Waals surface area contributed by atoms with Gasteiger partial charge in [0.2, 0.25) is 0 Å². The topological polar surface area (TPSA) is 52.5 Å². The van der Waals surface area contributed by atoms with Gasteiger partial charge in [0.05, 0.1) is 10.6 Å². The minimum atomic E-state index is 0.425. The van der Waals surface area contributed by atoms with Crippen LogP contribution >= 0.6 is 11.6 Å². The first-order valence-electron chi connectivity index (χ1n) is 4.32. The van der Waals surface area contributed by atoms with Gasteiger partial charge in [0.25, 0.3) is 0 Å². The number of rotatable bonds is 1. The van der Waals surface area contributed by atoms with Gasteiger partial charge in [-0.15, -0.1) is 0 Å². The standard InChI is InChI=1S/C10H8ClN3/c1-2-6-4-13-10-8(6)9(11)7(3-12)5-14-10/h4-5H,2H2,1H3,(H,13,14). The molecule has 14 heavy (non-hydrogen) atoms. The smallest absolute Gasteiger partial charge is 0.139 e. The quantitative estimate of drug-likeness (QED) is 0.778. The van der Waals surface area contributed by atoms with Gasteiger partial charge in [-0.3, -0.25) is 0 Å². The fourth-order valence-electron chi connectivity index (χ4n) is 1.48. The van der Waals surface area contributed by atoms with Crippen molar-refractivity contribution in [2.24, 2.45) is 0 Å². The number of fused-ring (bicyclic) bond motifs is 1. The minimum absolute atomic E-state index is 0.425. The highest BCUT2D eigenvalue weighted by Gasteiger charge is 2.10. The van der Waals surface area contributed by atoms with E-state index >= 15 is 0 Å². The summed E-state index contributed by atoms with van der Waals surface area (Å²) in [6.45, 7) is 2.04. The van der Waals surface area contributed by atoms with Crippen LogP contribution in [0, 0.1) is 11.3 Å². The van der Waals surface area contributed by atoms with Crippen molar-refractivity contribution in [3.63, 3.8) is 0 Å². The van der Waals surface area contributed by atoms with Crippen molar-refractivity contribution in [2.45, 2.75) is 13.3 Å². The summed E-state index contributed by atoms with van der Waals surface area (Å²) in [5.41, 5.74) is 2.26. The van der Waals surface area contributed by atoms with Crippen LogP contribution in [-0.2, 0) is 6.42 Å². The second kappa shape index (κ2) is 3.32. The Bertz CT molecular complexity index is 522. The third kappa shape index (κ3) is 1.16. The van der Waals surface area contributed by atoms with Crippen LogP contribution in [0.5, 0.6) is 0 Å². The lowest BCUT2D eigenvalue weighted by Gasteiger charge is -1.98. The molecule has 0 aliphatic carbocycles. The summed E-state index contributed by atoms with van der Waals surface area (Å²) in [6, 6.07) is 2.02. The molecule has 0 radical (unpaired) electrons. The van der Waals surface area contributed by atoms with Crippen LogP contribution in [0.1, 0.15) is 18.1 Å². The Morgan fingerprint density at radius 3 is 3.07 bits per heavy atom. The number of nitriles is 1. The molecule has 0 atom stereocenters. The molecular weight excluding hydrogens is 198 g/mol. The molecule has 0 aliphatic rings. The zero-order valence-corrected chi connectivity index (χ0v) is 8.39. The van der Waals surface area contributed by atoms with Crippen LogP contribution in [0.4, 0.5) is 0 Å². The maximum absolute atomic E-state index is 8.79. The van der Waals surface area contributed by atoms with E-state index in [0.29, 0.717) is 10.6 Å². The van der Waals surface area contributed by atoms with E-state index in [9.17, 15) is 0 Å². The molecule has 70 valence electrons. The van der Waals surface area contributed by atoms with Gasteiger partial charge < -0.3 is 4.98 Å². The van der Waals surface area contributed by atoms with Gasteiger partial charge >= 0.3 is 0 Å². The third-order valence-electron chi connectivity index (χ3n) is 2.22. The summed E-state index contributed by atoms with van der Waals surface area (Å²) < 4.78 is 0. The summed E-state index contributed by atoms with van der Waals surface area (Å²) in [5, 5.41) is 10.2. The first kappa shape index (κ1) is 9.04. The number of nitrogens with one attached hydrogen (secondary N) is 1. The number of H-pyrrole nitrogens is 1. The lowest BCUT2D eigenvalue weighted by molar-refractivity contribution is 1.15. The number of nitrogens with zero attached hydrogens (tertiary/aromatic N) is 2. The second-order valence-corrected chi connectivity index (χ2v) is 3.37. The average Bonchev–Trinajstić information content (AvgIpc) is 2.62. The summed E-state index contributed by atoms with van der Waals surface area (Å²) in [7, 11) is 0. The molecule has 2 rings (SSSR count). The molecule has 0 saturated carbocycles. The molecule has 0 unspecified atom stereocenters. The molecule has 2 aromatic heterocycles.